The van der Waals surface area contributed by atoms with Crippen molar-refractivity contribution in [2.45, 2.75) is 56.8 Å². The van der Waals surface area contributed by atoms with Crippen LogP contribution in [0.25, 0.3) is 5.57 Å². The third-order valence-corrected chi connectivity index (χ3v) is 7.08. The smallest absolute Gasteiger partial charge is 0.432 e. The molecule has 1 atom stereocenters. The molecule has 5 nitrogen and oxygen atoms in total. The number of carbonyl (C=O) groups is 1. The van der Waals surface area contributed by atoms with E-state index in [1.807, 2.05) is 12.1 Å². The summed E-state index contributed by atoms with van der Waals surface area (Å²) in [5.41, 5.74) is -1.16. The van der Waals surface area contributed by atoms with Crippen molar-refractivity contribution in [3.8, 4) is 0 Å². The average Bonchev–Trinajstić information content (AvgIpc) is 3.33. The van der Waals surface area contributed by atoms with Crippen LogP contribution in [0.3, 0.4) is 0 Å². The first-order valence-corrected chi connectivity index (χ1v) is 12.1. The molecular formula is C26H24Cl2F3NO4. The highest BCUT2D eigenvalue weighted by molar-refractivity contribution is 6.34. The van der Waals surface area contributed by atoms with E-state index in [1.54, 1.807) is 31.7 Å². The number of amides is 1. The minimum absolute atomic E-state index is 0.0964. The number of rotatable bonds is 2. The summed E-state index contributed by atoms with van der Waals surface area (Å²) >= 11 is 12.0. The molecule has 1 fully saturated rings. The van der Waals surface area contributed by atoms with Crippen LogP contribution in [0.1, 0.15) is 49.4 Å². The maximum atomic E-state index is 14.3. The molecule has 0 radical (unpaired) electrons. The molecule has 2 aromatic rings. The molecule has 1 saturated heterocycles. The fraction of sp³-hybridized carbons (Fsp3) is 0.423. The second-order valence-electron chi connectivity index (χ2n) is 10.4. The number of ether oxygens (including phenoxy) is 3. The summed E-state index contributed by atoms with van der Waals surface area (Å²) in [6.07, 6.45) is -4.38. The molecule has 0 aliphatic carbocycles. The molecule has 1 amide bonds. The largest absolute Gasteiger partial charge is 0.480 e. The van der Waals surface area contributed by atoms with Crippen LogP contribution < -0.4 is 0 Å². The Morgan fingerprint density at radius 1 is 1.06 bits per heavy atom. The molecule has 2 aromatic carbocycles. The average molecular weight is 542 g/mol. The van der Waals surface area contributed by atoms with Crippen LogP contribution in [0.5, 0.6) is 0 Å². The number of fused-ring (bicyclic) bond motifs is 2. The fourth-order valence-corrected chi connectivity index (χ4v) is 5.45. The summed E-state index contributed by atoms with van der Waals surface area (Å²) in [7, 11) is 0. The topological polar surface area (TPSA) is 48.0 Å². The fourth-order valence-electron chi connectivity index (χ4n) is 4.92. The summed E-state index contributed by atoms with van der Waals surface area (Å²) in [5, 5.41) is 0.193. The van der Waals surface area contributed by atoms with E-state index >= 15 is 0 Å². The van der Waals surface area contributed by atoms with Crippen molar-refractivity contribution < 1.29 is 32.2 Å². The number of carbonyl (C=O) groups excluding carboxylic acids is 1. The van der Waals surface area contributed by atoms with Gasteiger partial charge in [0.05, 0.1) is 26.0 Å². The quantitative estimate of drug-likeness (QED) is 0.403. The summed E-state index contributed by atoms with van der Waals surface area (Å²) in [6, 6.07) is 9.27. The van der Waals surface area contributed by atoms with Crippen molar-refractivity contribution in [2.75, 3.05) is 13.1 Å². The van der Waals surface area contributed by atoms with Crippen LogP contribution in [0.4, 0.5) is 18.0 Å². The molecule has 1 spiro atoms. The van der Waals surface area contributed by atoms with Gasteiger partial charge in [0.1, 0.15) is 11.2 Å². The lowest BCUT2D eigenvalue weighted by Gasteiger charge is -2.47. The predicted octanol–water partition coefficient (Wildman–Crippen LogP) is 7.19. The Labute approximate surface area is 216 Å². The molecule has 0 bridgehead atoms. The van der Waals surface area contributed by atoms with Gasteiger partial charge in [0.2, 0.25) is 5.60 Å². The second-order valence-corrected chi connectivity index (χ2v) is 11.3. The van der Waals surface area contributed by atoms with Crippen molar-refractivity contribution in [1.82, 2.24) is 4.90 Å². The van der Waals surface area contributed by atoms with E-state index < -0.39 is 35.5 Å². The third kappa shape index (κ3) is 4.23. The van der Waals surface area contributed by atoms with Gasteiger partial charge >= 0.3 is 12.3 Å². The Bertz CT molecular complexity index is 1240. The van der Waals surface area contributed by atoms with Gasteiger partial charge in [-0.3, -0.25) is 0 Å². The van der Waals surface area contributed by atoms with Crippen molar-refractivity contribution in [2.24, 2.45) is 0 Å². The molecular weight excluding hydrogens is 518 g/mol. The third-order valence-electron chi connectivity index (χ3n) is 6.64. The molecule has 3 aliphatic rings. The monoisotopic (exact) mass is 541 g/mol. The Balaban J connectivity index is 1.37. The minimum Gasteiger partial charge on any atom is -0.480 e. The lowest BCUT2D eigenvalue weighted by Crippen LogP contribution is -2.61. The van der Waals surface area contributed by atoms with Crippen molar-refractivity contribution in [1.29, 1.82) is 0 Å². The van der Waals surface area contributed by atoms with Crippen LogP contribution >= 0.6 is 23.2 Å². The summed E-state index contributed by atoms with van der Waals surface area (Å²) in [6.45, 7) is 6.42. The Morgan fingerprint density at radius 3 is 2.33 bits per heavy atom. The molecule has 3 aliphatic heterocycles. The standard InChI is InChI=1S/C26H24Cl2F3NO4/c1-23(2,3)36-22(33)32-13-24(14-32)21-5-4-15(6-16(21)11-34-24)17-10-25(35-12-17,26(29,30)31)18-7-19(27)9-20(28)8-18/h4-9,12H,10-11,13-14H2,1-3H3. The zero-order valence-electron chi connectivity index (χ0n) is 19.8. The maximum Gasteiger partial charge on any atom is 0.432 e. The molecule has 0 aromatic heterocycles. The molecule has 10 heteroatoms. The Morgan fingerprint density at radius 2 is 1.72 bits per heavy atom. The van der Waals surface area contributed by atoms with E-state index in [0.29, 0.717) is 30.8 Å². The van der Waals surface area contributed by atoms with Gasteiger partial charge in [-0.05, 0) is 67.3 Å². The maximum absolute atomic E-state index is 14.3. The first-order chi connectivity index (χ1) is 16.7. The molecule has 1 unspecified atom stereocenters. The lowest BCUT2D eigenvalue weighted by atomic mass is 9.83. The van der Waals surface area contributed by atoms with Crippen molar-refractivity contribution >= 4 is 34.9 Å². The second kappa shape index (κ2) is 8.30. The minimum atomic E-state index is -4.71. The van der Waals surface area contributed by atoms with E-state index in [9.17, 15) is 18.0 Å². The zero-order valence-corrected chi connectivity index (χ0v) is 21.4. The van der Waals surface area contributed by atoms with Crippen LogP contribution in [0.2, 0.25) is 10.0 Å². The van der Waals surface area contributed by atoms with Gasteiger partial charge < -0.3 is 19.1 Å². The van der Waals surface area contributed by atoms with E-state index in [1.165, 1.54) is 18.2 Å². The van der Waals surface area contributed by atoms with Gasteiger partial charge in [0.25, 0.3) is 0 Å². The number of benzene rings is 2. The van der Waals surface area contributed by atoms with E-state index in [-0.39, 0.29) is 15.6 Å². The van der Waals surface area contributed by atoms with Crippen molar-refractivity contribution in [3.05, 3.63) is 75.0 Å². The van der Waals surface area contributed by atoms with Gasteiger partial charge in [-0.2, -0.15) is 13.2 Å². The van der Waals surface area contributed by atoms with E-state index in [4.69, 9.17) is 37.4 Å². The van der Waals surface area contributed by atoms with Gasteiger partial charge in [0, 0.05) is 22.0 Å². The molecule has 5 rings (SSSR count). The van der Waals surface area contributed by atoms with Crippen LogP contribution in [-0.4, -0.2) is 35.9 Å². The zero-order chi connectivity index (χ0) is 26.1. The first kappa shape index (κ1) is 25.2. The van der Waals surface area contributed by atoms with Gasteiger partial charge in [0.15, 0.2) is 0 Å². The highest BCUT2D eigenvalue weighted by atomic mass is 35.5. The van der Waals surface area contributed by atoms with E-state index in [2.05, 4.69) is 0 Å². The highest BCUT2D eigenvalue weighted by Crippen LogP contribution is 2.53. The van der Waals surface area contributed by atoms with Gasteiger partial charge in [-0.25, -0.2) is 4.79 Å². The summed E-state index contributed by atoms with van der Waals surface area (Å²) in [5.74, 6) is 0. The SMILES string of the molecule is CC(C)(C)OC(=O)N1CC2(C1)OCc1cc(C3=COC(c4cc(Cl)cc(Cl)c4)(C(F)(F)F)C3)ccc12. The number of likely N-dealkylation sites (tertiary alicyclic amines) is 1. The molecule has 192 valence electrons. The number of halogens is 5. The predicted molar refractivity (Wildman–Crippen MR) is 129 cm³/mol. The Kier molecular flexibility index (Phi) is 5.82. The van der Waals surface area contributed by atoms with Gasteiger partial charge in [-0.15, -0.1) is 0 Å². The number of hydrogen-bond donors (Lipinski definition) is 0. The summed E-state index contributed by atoms with van der Waals surface area (Å²) in [4.78, 5) is 13.9. The molecule has 0 N–H and O–H groups in total. The number of nitrogens with zero attached hydrogens (tertiary/aromatic N) is 1. The normalized spacial score (nSPS) is 22.7. The molecule has 3 heterocycles. The van der Waals surface area contributed by atoms with Crippen molar-refractivity contribution in [3.63, 3.8) is 0 Å². The van der Waals surface area contributed by atoms with Crippen LogP contribution in [0, 0.1) is 0 Å². The van der Waals surface area contributed by atoms with Gasteiger partial charge in [-0.1, -0.05) is 35.3 Å². The van der Waals surface area contributed by atoms with Crippen LogP contribution in [0.15, 0.2) is 42.7 Å². The first-order valence-electron chi connectivity index (χ1n) is 11.4. The number of hydrogen-bond acceptors (Lipinski definition) is 4. The van der Waals surface area contributed by atoms with E-state index in [0.717, 1.165) is 17.4 Å². The molecule has 0 saturated carbocycles. The highest BCUT2D eigenvalue weighted by Gasteiger charge is 2.61. The lowest BCUT2D eigenvalue weighted by molar-refractivity contribution is -0.260. The number of alkyl halides is 3. The Hall–Kier alpha value is -2.42. The summed E-state index contributed by atoms with van der Waals surface area (Å²) < 4.78 is 59.8. The molecule has 36 heavy (non-hydrogen) atoms. The van der Waals surface area contributed by atoms with Crippen LogP contribution in [-0.2, 0) is 32.0 Å².